The number of carbonyl (C=O) groups excluding carboxylic acids is 1. The summed E-state index contributed by atoms with van der Waals surface area (Å²) in [4.78, 5) is 17.2. The fourth-order valence-corrected chi connectivity index (χ4v) is 5.30. The van der Waals surface area contributed by atoms with Gasteiger partial charge in [-0.3, -0.25) is 9.69 Å². The molecule has 1 saturated heterocycles. The van der Waals surface area contributed by atoms with Crippen LogP contribution in [0.2, 0.25) is 20.1 Å². The second kappa shape index (κ2) is 7.44. The number of hydrogen-bond donors (Lipinski definition) is 0. The lowest BCUT2D eigenvalue weighted by Crippen LogP contribution is -2.55. The Balaban J connectivity index is 1.91. The van der Waals surface area contributed by atoms with Crippen LogP contribution in [0, 0.1) is 0 Å². The van der Waals surface area contributed by atoms with E-state index in [0.717, 1.165) is 0 Å². The minimum atomic E-state index is -1.61. The zero-order valence-electron chi connectivity index (χ0n) is 16.9. The minimum Gasteiger partial charge on any atom is -0.453 e. The predicted molar refractivity (Wildman–Crippen MR) is 125 cm³/mol. The summed E-state index contributed by atoms with van der Waals surface area (Å²) in [6.45, 7) is 0. The number of amides is 1. The minimum absolute atomic E-state index is 0.00554. The van der Waals surface area contributed by atoms with Crippen molar-refractivity contribution in [2.75, 3.05) is 14.1 Å². The molecule has 2 heterocycles. The van der Waals surface area contributed by atoms with Crippen LogP contribution in [0.25, 0.3) is 0 Å². The first-order chi connectivity index (χ1) is 15.3. The molecule has 2 unspecified atom stereocenters. The van der Waals surface area contributed by atoms with Gasteiger partial charge in [0.2, 0.25) is 0 Å². The van der Waals surface area contributed by atoms with Gasteiger partial charge < -0.3 is 9.47 Å². The van der Waals surface area contributed by atoms with E-state index in [1.807, 2.05) is 48.5 Å². The number of carbonyl (C=O) groups is 1. The maximum absolute atomic E-state index is 14.0. The average molecular weight is 510 g/mol. The molecule has 164 valence electrons. The molecular formula is C23H16Cl4N2O3. The molecule has 32 heavy (non-hydrogen) atoms. The van der Waals surface area contributed by atoms with Crippen molar-refractivity contribution in [2.45, 2.75) is 11.6 Å². The molecule has 0 N–H and O–H groups in total. The molecule has 0 aliphatic carbocycles. The molecule has 2 atom stereocenters. The topological polar surface area (TPSA) is 42.0 Å². The van der Waals surface area contributed by atoms with E-state index in [1.54, 1.807) is 31.1 Å². The standard InChI is InChI=1S/C23H16Cl4N2O3/c1-28-21(30)22(13-9-5-3-6-10-13)29(2)23(28,14-11-7-4-8-12-14)32-20-18(27)16(25)15(24)17(26)19(20)31-22/h3-12H,1-2H3. The number of ether oxygens (including phenoxy) is 2. The van der Waals surface area contributed by atoms with Gasteiger partial charge in [0.25, 0.3) is 17.5 Å². The first kappa shape index (κ1) is 21.7. The third-order valence-electron chi connectivity index (χ3n) is 5.97. The Morgan fingerprint density at radius 1 is 0.688 bits per heavy atom. The van der Waals surface area contributed by atoms with Gasteiger partial charge in [0.05, 0.1) is 10.0 Å². The van der Waals surface area contributed by atoms with Crippen molar-refractivity contribution >= 4 is 52.3 Å². The summed E-state index contributed by atoms with van der Waals surface area (Å²) in [6.07, 6.45) is 0. The summed E-state index contributed by atoms with van der Waals surface area (Å²) in [5, 5.41) is 0.0910. The van der Waals surface area contributed by atoms with Gasteiger partial charge in [-0.15, -0.1) is 0 Å². The van der Waals surface area contributed by atoms with Crippen LogP contribution in [0.4, 0.5) is 0 Å². The summed E-state index contributed by atoms with van der Waals surface area (Å²) < 4.78 is 13.0. The van der Waals surface area contributed by atoms with E-state index in [4.69, 9.17) is 55.9 Å². The van der Waals surface area contributed by atoms with Crippen molar-refractivity contribution in [2.24, 2.45) is 0 Å². The summed E-state index contributed by atoms with van der Waals surface area (Å²) in [7, 11) is 3.40. The zero-order chi connectivity index (χ0) is 22.8. The van der Waals surface area contributed by atoms with Crippen molar-refractivity contribution in [1.29, 1.82) is 0 Å². The predicted octanol–water partition coefficient (Wildman–Crippen LogP) is 6.14. The van der Waals surface area contributed by atoms with E-state index in [2.05, 4.69) is 0 Å². The third-order valence-corrected chi connectivity index (χ3v) is 7.74. The van der Waals surface area contributed by atoms with E-state index in [-0.39, 0.29) is 37.5 Å². The van der Waals surface area contributed by atoms with Crippen LogP contribution >= 0.6 is 46.4 Å². The monoisotopic (exact) mass is 508 g/mol. The molecule has 0 saturated carbocycles. The second-order valence-electron chi connectivity index (χ2n) is 7.53. The number of halogens is 4. The largest absolute Gasteiger partial charge is 0.453 e. The molecule has 2 aliphatic rings. The Labute approximate surface area is 204 Å². The van der Waals surface area contributed by atoms with E-state index in [1.165, 1.54) is 4.90 Å². The highest BCUT2D eigenvalue weighted by Crippen LogP contribution is 2.60. The van der Waals surface area contributed by atoms with E-state index in [9.17, 15) is 4.79 Å². The normalized spacial score (nSPS) is 24.6. The van der Waals surface area contributed by atoms with Gasteiger partial charge in [-0.1, -0.05) is 107 Å². The Morgan fingerprint density at radius 2 is 1.16 bits per heavy atom. The van der Waals surface area contributed by atoms with Gasteiger partial charge in [-0.05, 0) is 7.05 Å². The van der Waals surface area contributed by atoms with Crippen LogP contribution in [-0.2, 0) is 16.4 Å². The number of nitrogens with zero attached hydrogens (tertiary/aromatic N) is 2. The molecule has 5 nitrogen and oxygen atoms in total. The molecular weight excluding hydrogens is 494 g/mol. The van der Waals surface area contributed by atoms with Crippen LogP contribution in [0.1, 0.15) is 11.1 Å². The highest BCUT2D eigenvalue weighted by Gasteiger charge is 2.70. The molecule has 3 aromatic rings. The Bertz CT molecular complexity index is 1240. The first-order valence-electron chi connectivity index (χ1n) is 9.64. The summed E-state index contributed by atoms with van der Waals surface area (Å²) in [5.41, 5.74) is -0.334. The molecule has 1 fully saturated rings. The van der Waals surface area contributed by atoms with Gasteiger partial charge in [-0.25, -0.2) is 0 Å². The average Bonchev–Trinajstić information content (AvgIpc) is 2.92. The van der Waals surface area contributed by atoms with Gasteiger partial charge >= 0.3 is 0 Å². The number of benzene rings is 3. The van der Waals surface area contributed by atoms with Crippen molar-refractivity contribution in [3.63, 3.8) is 0 Å². The number of fused-ring (bicyclic) bond motifs is 3. The van der Waals surface area contributed by atoms with Gasteiger partial charge in [-0.2, -0.15) is 4.90 Å². The quantitative estimate of drug-likeness (QED) is 0.307. The molecule has 5 rings (SSSR count). The zero-order valence-corrected chi connectivity index (χ0v) is 19.9. The molecule has 0 spiro atoms. The van der Waals surface area contributed by atoms with Crippen LogP contribution in [0.5, 0.6) is 11.5 Å². The highest BCUT2D eigenvalue weighted by molar-refractivity contribution is 6.53. The summed E-state index contributed by atoms with van der Waals surface area (Å²) in [5.74, 6) is -1.62. The number of likely N-dealkylation sites (N-methyl/N-ethyl adjacent to an activating group) is 2. The first-order valence-corrected chi connectivity index (χ1v) is 11.1. The molecule has 0 aromatic heterocycles. The molecule has 2 bridgehead atoms. The van der Waals surface area contributed by atoms with Crippen LogP contribution in [0.3, 0.4) is 0 Å². The third kappa shape index (κ3) is 2.60. The van der Waals surface area contributed by atoms with Crippen molar-refractivity contribution in [1.82, 2.24) is 9.80 Å². The van der Waals surface area contributed by atoms with Crippen LogP contribution in [-0.4, -0.2) is 29.8 Å². The molecule has 9 heteroatoms. The van der Waals surface area contributed by atoms with Crippen molar-refractivity contribution in [3.8, 4) is 11.5 Å². The van der Waals surface area contributed by atoms with Crippen molar-refractivity contribution in [3.05, 3.63) is 91.9 Å². The maximum Gasteiger partial charge on any atom is 0.292 e. The van der Waals surface area contributed by atoms with Gasteiger partial charge in [0, 0.05) is 18.2 Å². The SMILES string of the molecule is CN1C(=O)C2(c3ccccc3)Oc3c(Cl)c(Cl)c(Cl)c(Cl)c3OC1(c1ccccc1)N2C. The lowest BCUT2D eigenvalue weighted by Gasteiger charge is -2.40. The second-order valence-corrected chi connectivity index (χ2v) is 9.04. The Hall–Kier alpha value is -2.15. The Morgan fingerprint density at radius 3 is 1.69 bits per heavy atom. The molecule has 1 amide bonds. The van der Waals surface area contributed by atoms with Gasteiger partial charge in [0.1, 0.15) is 10.0 Å². The Kier molecular flexibility index (Phi) is 5.04. The van der Waals surface area contributed by atoms with E-state index in [0.29, 0.717) is 11.1 Å². The van der Waals surface area contributed by atoms with Crippen LogP contribution < -0.4 is 9.47 Å². The smallest absolute Gasteiger partial charge is 0.292 e. The van der Waals surface area contributed by atoms with Gasteiger partial charge in [0.15, 0.2) is 11.5 Å². The molecule has 3 aromatic carbocycles. The summed E-state index contributed by atoms with van der Waals surface area (Å²) in [6, 6.07) is 18.4. The fraction of sp³-hybridized carbons (Fsp3) is 0.174. The maximum atomic E-state index is 14.0. The summed E-state index contributed by atoms with van der Waals surface area (Å²) >= 11 is 25.8. The number of rotatable bonds is 2. The molecule has 0 radical (unpaired) electrons. The van der Waals surface area contributed by atoms with Crippen molar-refractivity contribution < 1.29 is 14.3 Å². The lowest BCUT2D eigenvalue weighted by molar-refractivity contribution is -0.174. The molecule has 2 aliphatic heterocycles. The highest BCUT2D eigenvalue weighted by atomic mass is 35.5. The van der Waals surface area contributed by atoms with E-state index >= 15 is 0 Å². The number of hydrogen-bond acceptors (Lipinski definition) is 4. The van der Waals surface area contributed by atoms with Crippen LogP contribution in [0.15, 0.2) is 60.7 Å². The lowest BCUT2D eigenvalue weighted by atomic mass is 10.0. The van der Waals surface area contributed by atoms with E-state index < -0.39 is 11.6 Å². The fourth-order valence-electron chi connectivity index (χ4n) is 4.40.